The maximum atomic E-state index is 13.7. The fraction of sp³-hybridized carbons (Fsp3) is 0.250. The van der Waals surface area contributed by atoms with E-state index in [1.54, 1.807) is 30.3 Å². The Kier molecular flexibility index (Phi) is 5.52. The number of anilines is 1. The molecule has 0 radical (unpaired) electrons. The van der Waals surface area contributed by atoms with Gasteiger partial charge in [0.2, 0.25) is 5.60 Å². The molecule has 0 fully saturated rings. The Hall–Kier alpha value is -2.35. The summed E-state index contributed by atoms with van der Waals surface area (Å²) >= 11 is 5.84. The minimum absolute atomic E-state index is 0.121. The highest BCUT2D eigenvalue weighted by Gasteiger charge is 2.59. The molecule has 0 aliphatic heterocycles. The molecule has 0 spiro atoms. The number of aliphatic hydroxyl groups is 2. The number of aromatic nitrogens is 1. The van der Waals surface area contributed by atoms with Gasteiger partial charge in [-0.15, -0.1) is 0 Å². The summed E-state index contributed by atoms with van der Waals surface area (Å²) in [5.74, 6) is 0. The first-order chi connectivity index (χ1) is 13.2. The van der Waals surface area contributed by atoms with Crippen LogP contribution in [-0.4, -0.2) is 33.6 Å². The minimum Gasteiger partial charge on any atom is -0.393 e. The highest BCUT2D eigenvalue weighted by atomic mass is 35.5. The number of fused-ring (bicyclic) bond motifs is 1. The Labute approximate surface area is 164 Å². The standard InChI is InChI=1S/C20H18ClF3N2O2/c1-12-5-10-15-16(25-12)3-2-4-17(15)26-18(13-6-8-14(21)9-7-13)19(28,11-27)20(22,23)24/h2-10,18,26-28H,11H2,1H3. The van der Waals surface area contributed by atoms with Crippen molar-refractivity contribution in [2.45, 2.75) is 24.7 Å². The van der Waals surface area contributed by atoms with Gasteiger partial charge >= 0.3 is 6.18 Å². The number of halogens is 4. The van der Waals surface area contributed by atoms with Gasteiger partial charge < -0.3 is 15.5 Å². The molecule has 0 saturated carbocycles. The predicted molar refractivity (Wildman–Crippen MR) is 102 cm³/mol. The molecule has 2 atom stereocenters. The molecular formula is C20H18ClF3N2O2. The van der Waals surface area contributed by atoms with E-state index in [-0.39, 0.29) is 5.56 Å². The van der Waals surface area contributed by atoms with Gasteiger partial charge in [-0.3, -0.25) is 4.98 Å². The predicted octanol–water partition coefficient (Wildman–Crippen LogP) is 4.64. The molecule has 0 bridgehead atoms. The van der Waals surface area contributed by atoms with Crippen molar-refractivity contribution in [3.63, 3.8) is 0 Å². The first-order valence-electron chi connectivity index (χ1n) is 8.44. The molecule has 2 unspecified atom stereocenters. The molecule has 0 aliphatic carbocycles. The molecule has 1 aromatic heterocycles. The van der Waals surface area contributed by atoms with Gasteiger partial charge in [-0.05, 0) is 48.9 Å². The Balaban J connectivity index is 2.14. The number of aryl methyl sites for hydroxylation is 1. The first kappa shape index (κ1) is 20.4. The second kappa shape index (κ2) is 7.58. The number of nitrogens with zero attached hydrogens (tertiary/aromatic N) is 1. The van der Waals surface area contributed by atoms with E-state index in [2.05, 4.69) is 10.3 Å². The lowest BCUT2D eigenvalue weighted by atomic mass is 9.88. The fourth-order valence-corrected chi connectivity index (χ4v) is 3.14. The number of alkyl halides is 3. The molecule has 1 heterocycles. The first-order valence-corrected chi connectivity index (χ1v) is 8.82. The Morgan fingerprint density at radius 3 is 2.36 bits per heavy atom. The zero-order valence-corrected chi connectivity index (χ0v) is 15.6. The monoisotopic (exact) mass is 410 g/mol. The third-order valence-electron chi connectivity index (χ3n) is 4.58. The van der Waals surface area contributed by atoms with Gasteiger partial charge in [0.1, 0.15) is 0 Å². The van der Waals surface area contributed by atoms with Gasteiger partial charge in [0.05, 0.1) is 18.2 Å². The van der Waals surface area contributed by atoms with Crippen LogP contribution in [0.3, 0.4) is 0 Å². The number of nitrogens with one attached hydrogen (secondary N) is 1. The number of rotatable bonds is 5. The SMILES string of the molecule is Cc1ccc2c(NC(c3ccc(Cl)cc3)C(O)(CO)C(F)(F)F)cccc2n1. The van der Waals surface area contributed by atoms with Crippen LogP contribution in [0.15, 0.2) is 54.6 Å². The molecule has 2 aromatic carbocycles. The van der Waals surface area contributed by atoms with Gasteiger partial charge in [-0.2, -0.15) is 13.2 Å². The largest absolute Gasteiger partial charge is 0.421 e. The maximum absolute atomic E-state index is 13.7. The minimum atomic E-state index is -5.08. The van der Waals surface area contributed by atoms with Crippen molar-refractivity contribution >= 4 is 28.2 Å². The normalized spacial score (nSPS) is 15.2. The Morgan fingerprint density at radius 2 is 1.75 bits per heavy atom. The highest BCUT2D eigenvalue weighted by molar-refractivity contribution is 6.30. The molecule has 8 heteroatoms. The number of aliphatic hydroxyl groups excluding tert-OH is 1. The van der Waals surface area contributed by atoms with E-state index >= 15 is 0 Å². The summed E-state index contributed by atoms with van der Waals surface area (Å²) in [6, 6.07) is 12.4. The van der Waals surface area contributed by atoms with Crippen molar-refractivity contribution in [1.29, 1.82) is 0 Å². The molecule has 0 aliphatic rings. The number of pyridine rings is 1. The molecule has 3 aromatic rings. The molecule has 3 N–H and O–H groups in total. The van der Waals surface area contributed by atoms with Crippen LogP contribution in [0.25, 0.3) is 10.9 Å². The van der Waals surface area contributed by atoms with Crippen LogP contribution < -0.4 is 5.32 Å². The van der Waals surface area contributed by atoms with Crippen LogP contribution >= 0.6 is 11.6 Å². The van der Waals surface area contributed by atoms with Crippen molar-refractivity contribution in [1.82, 2.24) is 4.98 Å². The zero-order valence-electron chi connectivity index (χ0n) is 14.8. The van der Waals surface area contributed by atoms with Crippen LogP contribution in [0.2, 0.25) is 5.02 Å². The summed E-state index contributed by atoms with van der Waals surface area (Å²) < 4.78 is 41.1. The second-order valence-corrected chi connectivity index (χ2v) is 6.97. The van der Waals surface area contributed by atoms with E-state index in [0.29, 0.717) is 21.6 Å². The number of hydrogen-bond acceptors (Lipinski definition) is 4. The second-order valence-electron chi connectivity index (χ2n) is 6.53. The van der Waals surface area contributed by atoms with Gasteiger partial charge in [-0.25, -0.2) is 0 Å². The van der Waals surface area contributed by atoms with Crippen molar-refractivity contribution in [2.24, 2.45) is 0 Å². The molecule has 4 nitrogen and oxygen atoms in total. The van der Waals surface area contributed by atoms with Crippen molar-refractivity contribution in [3.05, 3.63) is 70.9 Å². The number of hydrogen-bond donors (Lipinski definition) is 3. The average molecular weight is 411 g/mol. The van der Waals surface area contributed by atoms with E-state index in [0.717, 1.165) is 5.69 Å². The lowest BCUT2D eigenvalue weighted by Gasteiger charge is -2.37. The molecular weight excluding hydrogens is 393 g/mol. The molecule has 28 heavy (non-hydrogen) atoms. The average Bonchev–Trinajstić information content (AvgIpc) is 2.65. The van der Waals surface area contributed by atoms with Gasteiger partial charge in [0, 0.05) is 21.8 Å². The smallest absolute Gasteiger partial charge is 0.393 e. The molecule has 148 valence electrons. The number of benzene rings is 2. The summed E-state index contributed by atoms with van der Waals surface area (Å²) in [5, 5.41) is 23.6. The topological polar surface area (TPSA) is 65.4 Å². The van der Waals surface area contributed by atoms with Crippen molar-refractivity contribution in [3.8, 4) is 0 Å². The fourth-order valence-electron chi connectivity index (χ4n) is 3.02. The van der Waals surface area contributed by atoms with E-state index in [1.807, 2.05) is 6.92 Å². The summed E-state index contributed by atoms with van der Waals surface area (Å²) in [6.07, 6.45) is -5.08. The van der Waals surface area contributed by atoms with Crippen LogP contribution in [-0.2, 0) is 0 Å². The summed E-state index contributed by atoms with van der Waals surface area (Å²) in [7, 11) is 0. The maximum Gasteiger partial charge on any atom is 0.421 e. The van der Waals surface area contributed by atoms with E-state index in [9.17, 15) is 23.4 Å². The van der Waals surface area contributed by atoms with Crippen LogP contribution in [0.5, 0.6) is 0 Å². The summed E-state index contributed by atoms with van der Waals surface area (Å²) in [4.78, 5) is 4.37. The van der Waals surface area contributed by atoms with E-state index in [1.165, 1.54) is 24.3 Å². The Morgan fingerprint density at radius 1 is 1.07 bits per heavy atom. The quantitative estimate of drug-likeness (QED) is 0.573. The summed E-state index contributed by atoms with van der Waals surface area (Å²) in [5.41, 5.74) is -1.59. The van der Waals surface area contributed by atoms with Crippen molar-refractivity contribution < 1.29 is 23.4 Å². The van der Waals surface area contributed by atoms with Gasteiger partial charge in [0.25, 0.3) is 0 Å². The molecule has 3 rings (SSSR count). The van der Waals surface area contributed by atoms with E-state index < -0.39 is 24.4 Å². The van der Waals surface area contributed by atoms with Crippen LogP contribution in [0.4, 0.5) is 18.9 Å². The van der Waals surface area contributed by atoms with Crippen LogP contribution in [0, 0.1) is 6.92 Å². The highest BCUT2D eigenvalue weighted by Crippen LogP contribution is 2.42. The molecule has 0 saturated heterocycles. The van der Waals surface area contributed by atoms with Gasteiger partial charge in [-0.1, -0.05) is 29.8 Å². The third kappa shape index (κ3) is 3.78. The van der Waals surface area contributed by atoms with Crippen molar-refractivity contribution in [2.75, 3.05) is 11.9 Å². The van der Waals surface area contributed by atoms with Crippen LogP contribution in [0.1, 0.15) is 17.3 Å². The molecule has 0 amide bonds. The lowest BCUT2D eigenvalue weighted by Crippen LogP contribution is -2.55. The third-order valence-corrected chi connectivity index (χ3v) is 4.84. The lowest BCUT2D eigenvalue weighted by molar-refractivity contribution is -0.277. The van der Waals surface area contributed by atoms with E-state index in [4.69, 9.17) is 11.6 Å². The summed E-state index contributed by atoms with van der Waals surface area (Å²) in [6.45, 7) is 0.295. The Bertz CT molecular complexity index is 979. The zero-order chi connectivity index (χ0) is 20.5. The van der Waals surface area contributed by atoms with Gasteiger partial charge in [0.15, 0.2) is 0 Å².